The van der Waals surface area contributed by atoms with E-state index in [-0.39, 0.29) is 29.4 Å². The van der Waals surface area contributed by atoms with Crippen molar-refractivity contribution >= 4 is 51.6 Å². The van der Waals surface area contributed by atoms with Crippen LogP contribution in [0.3, 0.4) is 0 Å². The number of methoxy groups -OCH3 is 1. The number of hydrogen-bond acceptors (Lipinski definition) is 7. The molecule has 3 unspecified atom stereocenters. The average Bonchev–Trinajstić information content (AvgIpc) is 3.27. The SMILES string of the molecule is COc1ccc2ncc(Cl)c(C(N)CCC3CCN(CCSc4ccc(F)s4)CC3CC(=O)O)c2c1. The van der Waals surface area contributed by atoms with E-state index in [0.717, 1.165) is 76.0 Å². The number of pyridine rings is 1. The van der Waals surface area contributed by atoms with Gasteiger partial charge in [0.05, 0.1) is 21.9 Å². The summed E-state index contributed by atoms with van der Waals surface area (Å²) < 4.78 is 19.6. The quantitative estimate of drug-likeness (QED) is 0.279. The van der Waals surface area contributed by atoms with Crippen molar-refractivity contribution in [3.05, 3.63) is 52.2 Å². The normalized spacial score (nSPS) is 19.4. The predicted octanol–water partition coefficient (Wildman–Crippen LogP) is 6.08. The first kappa shape index (κ1) is 27.1. The van der Waals surface area contributed by atoms with Crippen molar-refractivity contribution < 1.29 is 19.0 Å². The number of rotatable bonds is 11. The first-order chi connectivity index (χ1) is 17.3. The lowest BCUT2D eigenvalue weighted by Crippen LogP contribution is -2.42. The summed E-state index contributed by atoms with van der Waals surface area (Å²) in [5.41, 5.74) is 8.33. The molecular formula is C26H31ClFN3O3S2. The molecule has 0 saturated carbocycles. The Hall–Kier alpha value is -1.91. The Labute approximate surface area is 224 Å². The van der Waals surface area contributed by atoms with E-state index in [9.17, 15) is 14.3 Å². The first-order valence-electron chi connectivity index (χ1n) is 12.0. The minimum atomic E-state index is -0.769. The monoisotopic (exact) mass is 551 g/mol. The van der Waals surface area contributed by atoms with Crippen molar-refractivity contribution in [2.75, 3.05) is 32.5 Å². The largest absolute Gasteiger partial charge is 0.497 e. The number of thioether (sulfide) groups is 1. The van der Waals surface area contributed by atoms with Gasteiger partial charge in [0.15, 0.2) is 5.13 Å². The number of carbonyl (C=O) groups is 1. The van der Waals surface area contributed by atoms with Crippen LogP contribution in [-0.2, 0) is 4.79 Å². The van der Waals surface area contributed by atoms with E-state index in [1.54, 1.807) is 25.1 Å². The molecule has 1 aromatic carbocycles. The number of thiophene rings is 1. The molecule has 1 aliphatic rings. The third kappa shape index (κ3) is 6.89. The summed E-state index contributed by atoms with van der Waals surface area (Å²) in [6, 6.07) is 8.68. The second kappa shape index (κ2) is 12.6. The van der Waals surface area contributed by atoms with Crippen LogP contribution in [0.15, 0.2) is 40.7 Å². The van der Waals surface area contributed by atoms with Gasteiger partial charge in [-0.3, -0.25) is 9.78 Å². The molecule has 4 rings (SSSR count). The van der Waals surface area contributed by atoms with Gasteiger partial charge in [-0.2, -0.15) is 4.39 Å². The second-order valence-corrected chi connectivity index (χ2v) is 12.0. The van der Waals surface area contributed by atoms with Crippen LogP contribution in [0.4, 0.5) is 4.39 Å². The van der Waals surface area contributed by atoms with E-state index in [1.807, 2.05) is 24.3 Å². The Morgan fingerprint density at radius 2 is 2.22 bits per heavy atom. The number of nitrogens with two attached hydrogens (primary N) is 1. The third-order valence-electron chi connectivity index (χ3n) is 6.90. The number of likely N-dealkylation sites (tertiary alicyclic amines) is 1. The Morgan fingerprint density at radius 3 is 2.94 bits per heavy atom. The van der Waals surface area contributed by atoms with Gasteiger partial charge >= 0.3 is 5.97 Å². The number of ether oxygens (including phenoxy) is 1. The van der Waals surface area contributed by atoms with Crippen LogP contribution in [0.2, 0.25) is 5.02 Å². The summed E-state index contributed by atoms with van der Waals surface area (Å²) >= 11 is 9.34. The molecule has 0 amide bonds. The Bertz CT molecular complexity index is 1190. The average molecular weight is 552 g/mol. The smallest absolute Gasteiger partial charge is 0.303 e. The Kier molecular flexibility index (Phi) is 9.47. The molecule has 6 nitrogen and oxygen atoms in total. The molecule has 3 aromatic rings. The van der Waals surface area contributed by atoms with Crippen LogP contribution in [-0.4, -0.2) is 53.5 Å². The minimum absolute atomic E-state index is 0.0670. The number of fused-ring (bicyclic) bond motifs is 1. The summed E-state index contributed by atoms with van der Waals surface area (Å²) in [6.07, 6.45) is 4.26. The molecule has 194 valence electrons. The molecular weight excluding hydrogens is 521 g/mol. The molecule has 1 saturated heterocycles. The summed E-state index contributed by atoms with van der Waals surface area (Å²) in [7, 11) is 1.62. The van der Waals surface area contributed by atoms with Gasteiger partial charge in [-0.15, -0.1) is 11.8 Å². The minimum Gasteiger partial charge on any atom is -0.497 e. The highest BCUT2D eigenvalue weighted by Crippen LogP contribution is 2.37. The maximum Gasteiger partial charge on any atom is 0.303 e. The molecule has 0 bridgehead atoms. The summed E-state index contributed by atoms with van der Waals surface area (Å²) in [5, 5.41) is 10.8. The molecule has 1 fully saturated rings. The number of carboxylic acids is 1. The van der Waals surface area contributed by atoms with Gasteiger partial charge in [-0.25, -0.2) is 0 Å². The van der Waals surface area contributed by atoms with Crippen LogP contribution >= 0.6 is 34.7 Å². The highest BCUT2D eigenvalue weighted by atomic mass is 35.5. The zero-order chi connectivity index (χ0) is 25.7. The van der Waals surface area contributed by atoms with Crippen molar-refractivity contribution in [3.8, 4) is 5.75 Å². The zero-order valence-corrected chi connectivity index (χ0v) is 22.5. The van der Waals surface area contributed by atoms with Crippen LogP contribution in [0.25, 0.3) is 10.9 Å². The number of halogens is 2. The van der Waals surface area contributed by atoms with E-state index in [0.29, 0.717) is 11.4 Å². The third-order valence-corrected chi connectivity index (χ3v) is 9.28. The molecule has 10 heteroatoms. The summed E-state index contributed by atoms with van der Waals surface area (Å²) in [4.78, 5) is 18.4. The molecule has 36 heavy (non-hydrogen) atoms. The van der Waals surface area contributed by atoms with Crippen LogP contribution < -0.4 is 10.5 Å². The molecule has 0 radical (unpaired) electrons. The number of hydrogen-bond donors (Lipinski definition) is 2. The second-order valence-electron chi connectivity index (χ2n) is 9.20. The lowest BCUT2D eigenvalue weighted by atomic mass is 9.79. The molecule has 1 aliphatic heterocycles. The maximum absolute atomic E-state index is 13.2. The van der Waals surface area contributed by atoms with Gasteiger partial charge in [-0.1, -0.05) is 22.9 Å². The number of nitrogens with zero attached hydrogens (tertiary/aromatic N) is 2. The predicted molar refractivity (Wildman–Crippen MR) is 145 cm³/mol. The molecule has 0 aliphatic carbocycles. The number of carboxylic acid groups (broad SMARTS) is 1. The standard InChI is InChI=1S/C26H31ClFN3O3S2/c1-34-18-3-5-22-19(13-18)26(20(27)14-30-22)21(29)4-2-16-8-9-31(15-17(16)12-24(32)33)10-11-35-25-7-6-23(28)36-25/h3,5-7,13-14,16-17,21H,2,4,8-12,15,29H2,1H3,(H,32,33). The number of aromatic nitrogens is 1. The van der Waals surface area contributed by atoms with Gasteiger partial charge in [0.2, 0.25) is 0 Å². The zero-order valence-electron chi connectivity index (χ0n) is 20.2. The summed E-state index contributed by atoms with van der Waals surface area (Å²) in [5.74, 6) is 1.15. The number of aliphatic carboxylic acids is 1. The van der Waals surface area contributed by atoms with Gasteiger partial charge in [0.1, 0.15) is 5.75 Å². The van der Waals surface area contributed by atoms with Gasteiger partial charge in [-0.05, 0) is 73.5 Å². The van der Waals surface area contributed by atoms with E-state index in [4.69, 9.17) is 22.1 Å². The van der Waals surface area contributed by atoms with E-state index < -0.39 is 5.97 Å². The lowest BCUT2D eigenvalue weighted by molar-refractivity contribution is -0.139. The number of benzene rings is 1. The topological polar surface area (TPSA) is 88.7 Å². The Morgan fingerprint density at radius 1 is 1.39 bits per heavy atom. The van der Waals surface area contributed by atoms with Crippen molar-refractivity contribution in [2.45, 2.75) is 35.9 Å². The van der Waals surface area contributed by atoms with Crippen molar-refractivity contribution in [1.82, 2.24) is 9.88 Å². The van der Waals surface area contributed by atoms with Gasteiger partial charge in [0.25, 0.3) is 0 Å². The van der Waals surface area contributed by atoms with Gasteiger partial charge < -0.3 is 20.5 Å². The fraction of sp³-hybridized carbons (Fsp3) is 0.462. The molecule has 0 spiro atoms. The molecule has 3 atom stereocenters. The highest BCUT2D eigenvalue weighted by molar-refractivity contribution is 8.01. The van der Waals surface area contributed by atoms with E-state index in [2.05, 4.69) is 9.88 Å². The highest BCUT2D eigenvalue weighted by Gasteiger charge is 2.31. The molecule has 3 N–H and O–H groups in total. The molecule has 2 aromatic heterocycles. The summed E-state index contributed by atoms with van der Waals surface area (Å²) in [6.45, 7) is 2.53. The van der Waals surface area contributed by atoms with Gasteiger partial charge in [0, 0.05) is 42.9 Å². The van der Waals surface area contributed by atoms with E-state index in [1.165, 1.54) is 6.07 Å². The van der Waals surface area contributed by atoms with Crippen molar-refractivity contribution in [2.24, 2.45) is 17.6 Å². The van der Waals surface area contributed by atoms with Crippen LogP contribution in [0, 0.1) is 17.0 Å². The van der Waals surface area contributed by atoms with Crippen molar-refractivity contribution in [3.63, 3.8) is 0 Å². The van der Waals surface area contributed by atoms with Crippen molar-refractivity contribution in [1.29, 1.82) is 0 Å². The Balaban J connectivity index is 1.38. The number of piperidine rings is 1. The molecule has 3 heterocycles. The van der Waals surface area contributed by atoms with Crippen LogP contribution in [0.5, 0.6) is 5.75 Å². The lowest BCUT2D eigenvalue weighted by Gasteiger charge is -2.38. The van der Waals surface area contributed by atoms with E-state index >= 15 is 0 Å². The fourth-order valence-corrected chi connectivity index (χ4v) is 7.25. The maximum atomic E-state index is 13.2. The fourth-order valence-electron chi connectivity index (χ4n) is 5.06. The van der Waals surface area contributed by atoms with Crippen LogP contribution in [0.1, 0.15) is 37.3 Å². The first-order valence-corrected chi connectivity index (χ1v) is 14.2.